The van der Waals surface area contributed by atoms with Gasteiger partial charge in [-0.15, -0.1) is 12.3 Å². The quantitative estimate of drug-likeness (QED) is 0.554. The molecule has 0 bridgehead atoms. The van der Waals surface area contributed by atoms with Crippen molar-refractivity contribution in [3.63, 3.8) is 0 Å². The molecule has 0 aromatic carbocycles. The molecule has 1 unspecified atom stereocenters. The zero-order chi connectivity index (χ0) is 12.7. The molecule has 1 heterocycles. The van der Waals surface area contributed by atoms with E-state index in [1.165, 1.54) is 0 Å². The lowest BCUT2D eigenvalue weighted by molar-refractivity contribution is -0.146. The summed E-state index contributed by atoms with van der Waals surface area (Å²) in [4.78, 5) is 22.8. The van der Waals surface area contributed by atoms with E-state index in [9.17, 15) is 9.59 Å². The van der Waals surface area contributed by atoms with Gasteiger partial charge in [0.2, 0.25) is 5.91 Å². The van der Waals surface area contributed by atoms with Crippen molar-refractivity contribution in [1.82, 2.24) is 5.32 Å². The molecule has 0 aliphatic carbocycles. The molecule has 1 aliphatic heterocycles. The van der Waals surface area contributed by atoms with Crippen molar-refractivity contribution < 1.29 is 14.7 Å². The maximum absolute atomic E-state index is 11.6. The molecule has 0 aromatic rings. The molecule has 1 fully saturated rings. The number of carbonyl (C=O) groups excluding carboxylic acids is 1. The second kappa shape index (κ2) is 6.55. The molecule has 1 saturated heterocycles. The van der Waals surface area contributed by atoms with E-state index in [4.69, 9.17) is 11.5 Å². The molecule has 4 nitrogen and oxygen atoms in total. The van der Waals surface area contributed by atoms with Crippen LogP contribution in [0.1, 0.15) is 32.1 Å². The third-order valence-corrected chi connectivity index (χ3v) is 3.97. The Labute approximate surface area is 106 Å². The Bertz CT molecular complexity index is 329. The van der Waals surface area contributed by atoms with Gasteiger partial charge in [-0.05, 0) is 25.0 Å². The fourth-order valence-corrected chi connectivity index (χ4v) is 3.05. The first-order valence-electron chi connectivity index (χ1n) is 5.66. The lowest BCUT2D eigenvalue weighted by Gasteiger charge is -2.24. The van der Waals surface area contributed by atoms with Crippen LogP contribution in [0.15, 0.2) is 0 Å². The summed E-state index contributed by atoms with van der Waals surface area (Å²) in [6.45, 7) is 0. The van der Waals surface area contributed by atoms with Crippen molar-refractivity contribution in [2.24, 2.45) is 0 Å². The minimum Gasteiger partial charge on any atom is -0.479 e. The van der Waals surface area contributed by atoms with E-state index >= 15 is 0 Å². The van der Waals surface area contributed by atoms with Crippen molar-refractivity contribution in [3.05, 3.63) is 0 Å². The molecule has 17 heavy (non-hydrogen) atoms. The summed E-state index contributed by atoms with van der Waals surface area (Å²) >= 11 is 1.56. The number of terminal acetylenes is 1. The smallest absolute Gasteiger partial charge is 0.330 e. The van der Waals surface area contributed by atoms with Crippen molar-refractivity contribution in [3.8, 4) is 12.3 Å². The number of hydrogen-bond donors (Lipinski definition) is 2. The highest BCUT2D eigenvalue weighted by atomic mass is 32.2. The van der Waals surface area contributed by atoms with Crippen LogP contribution in [0.3, 0.4) is 0 Å². The fourth-order valence-electron chi connectivity index (χ4n) is 1.73. The van der Waals surface area contributed by atoms with E-state index in [-0.39, 0.29) is 5.91 Å². The second-order valence-corrected chi connectivity index (χ2v) is 5.25. The van der Waals surface area contributed by atoms with Gasteiger partial charge < -0.3 is 10.4 Å². The van der Waals surface area contributed by atoms with E-state index in [1.807, 2.05) is 0 Å². The zero-order valence-electron chi connectivity index (χ0n) is 9.70. The number of carboxylic acids is 1. The third kappa shape index (κ3) is 3.97. The highest BCUT2D eigenvalue weighted by Crippen LogP contribution is 2.28. The average Bonchev–Trinajstić information content (AvgIpc) is 2.74. The van der Waals surface area contributed by atoms with Crippen LogP contribution < -0.4 is 5.32 Å². The highest BCUT2D eigenvalue weighted by Gasteiger charge is 2.42. The predicted octanol–water partition coefficient (Wildman–Crippen LogP) is 1.26. The number of amides is 1. The molecule has 0 spiro atoms. The number of aliphatic carboxylic acids is 1. The number of rotatable bonds is 6. The highest BCUT2D eigenvalue weighted by molar-refractivity contribution is 7.99. The molecular weight excluding hydrogens is 238 g/mol. The minimum absolute atomic E-state index is 0.188. The molecule has 94 valence electrons. The minimum atomic E-state index is -1.05. The summed E-state index contributed by atoms with van der Waals surface area (Å²) in [5.74, 6) is 2.63. The van der Waals surface area contributed by atoms with E-state index in [0.29, 0.717) is 31.4 Å². The van der Waals surface area contributed by atoms with E-state index in [1.54, 1.807) is 11.8 Å². The van der Waals surface area contributed by atoms with Gasteiger partial charge in [-0.3, -0.25) is 4.79 Å². The van der Waals surface area contributed by atoms with E-state index in [2.05, 4.69) is 11.2 Å². The summed E-state index contributed by atoms with van der Waals surface area (Å²) in [6.07, 6.45) is 8.13. The zero-order valence-corrected chi connectivity index (χ0v) is 10.5. The van der Waals surface area contributed by atoms with E-state index in [0.717, 1.165) is 12.2 Å². The standard InChI is InChI=1S/C12H17NO3S/c1-2-3-4-5-6-10(14)13-12(11(15)16)7-8-17-9-12/h1H,3-9H2,(H,13,14)(H,15,16). The molecule has 2 N–H and O–H groups in total. The molecule has 1 amide bonds. The first kappa shape index (κ1) is 13.9. The number of hydrogen-bond acceptors (Lipinski definition) is 3. The Morgan fingerprint density at radius 2 is 2.24 bits per heavy atom. The van der Waals surface area contributed by atoms with Gasteiger partial charge in [0, 0.05) is 18.6 Å². The Morgan fingerprint density at radius 3 is 2.76 bits per heavy atom. The Kier molecular flexibility index (Phi) is 5.36. The molecule has 5 heteroatoms. The van der Waals surface area contributed by atoms with Gasteiger partial charge in [0.1, 0.15) is 5.54 Å². The van der Waals surface area contributed by atoms with Crippen molar-refractivity contribution >= 4 is 23.6 Å². The number of unbranched alkanes of at least 4 members (excludes halogenated alkanes) is 2. The molecule has 0 radical (unpaired) electrons. The largest absolute Gasteiger partial charge is 0.479 e. The molecule has 1 atom stereocenters. The molecular formula is C12H17NO3S. The van der Waals surface area contributed by atoms with Gasteiger partial charge in [0.05, 0.1) is 0 Å². The average molecular weight is 255 g/mol. The van der Waals surface area contributed by atoms with Crippen LogP contribution in [-0.4, -0.2) is 34.0 Å². The van der Waals surface area contributed by atoms with Crippen LogP contribution in [0.4, 0.5) is 0 Å². The lowest BCUT2D eigenvalue weighted by Crippen LogP contribution is -2.54. The van der Waals surface area contributed by atoms with Crippen molar-refractivity contribution in [1.29, 1.82) is 0 Å². The number of carbonyl (C=O) groups is 2. The SMILES string of the molecule is C#CCCCCC(=O)NC1(C(=O)O)CCSC1. The van der Waals surface area contributed by atoms with Gasteiger partial charge in [-0.2, -0.15) is 11.8 Å². The van der Waals surface area contributed by atoms with Crippen LogP contribution in [0.5, 0.6) is 0 Å². The Hall–Kier alpha value is -1.15. The monoisotopic (exact) mass is 255 g/mol. The maximum atomic E-state index is 11.6. The number of carboxylic acid groups (broad SMARTS) is 1. The Balaban J connectivity index is 2.38. The maximum Gasteiger partial charge on any atom is 0.330 e. The molecule has 0 aromatic heterocycles. The second-order valence-electron chi connectivity index (χ2n) is 4.15. The first-order valence-corrected chi connectivity index (χ1v) is 6.82. The summed E-state index contributed by atoms with van der Waals surface area (Å²) in [5, 5.41) is 11.8. The summed E-state index contributed by atoms with van der Waals surface area (Å²) in [7, 11) is 0. The Morgan fingerprint density at radius 1 is 1.47 bits per heavy atom. The predicted molar refractivity (Wildman–Crippen MR) is 67.8 cm³/mol. The van der Waals surface area contributed by atoms with Crippen LogP contribution in [-0.2, 0) is 9.59 Å². The summed E-state index contributed by atoms with van der Waals surface area (Å²) < 4.78 is 0. The molecule has 0 saturated carbocycles. The topological polar surface area (TPSA) is 66.4 Å². The summed E-state index contributed by atoms with van der Waals surface area (Å²) in [6, 6.07) is 0. The third-order valence-electron chi connectivity index (χ3n) is 2.78. The number of thioether (sulfide) groups is 1. The molecule has 1 rings (SSSR count). The normalized spacial score (nSPS) is 23.0. The van der Waals surface area contributed by atoms with Gasteiger partial charge in [0.15, 0.2) is 0 Å². The fraction of sp³-hybridized carbons (Fsp3) is 0.667. The van der Waals surface area contributed by atoms with E-state index < -0.39 is 11.5 Å². The van der Waals surface area contributed by atoms with Gasteiger partial charge >= 0.3 is 5.97 Å². The van der Waals surface area contributed by atoms with Crippen LogP contribution >= 0.6 is 11.8 Å². The van der Waals surface area contributed by atoms with Gasteiger partial charge in [-0.25, -0.2) is 4.79 Å². The van der Waals surface area contributed by atoms with Gasteiger partial charge in [0.25, 0.3) is 0 Å². The number of nitrogens with one attached hydrogen (secondary N) is 1. The van der Waals surface area contributed by atoms with Crippen LogP contribution in [0.2, 0.25) is 0 Å². The van der Waals surface area contributed by atoms with Gasteiger partial charge in [-0.1, -0.05) is 0 Å². The van der Waals surface area contributed by atoms with Crippen molar-refractivity contribution in [2.75, 3.05) is 11.5 Å². The first-order chi connectivity index (χ1) is 8.10. The van der Waals surface area contributed by atoms with Crippen LogP contribution in [0.25, 0.3) is 0 Å². The lowest BCUT2D eigenvalue weighted by atomic mass is 9.99. The van der Waals surface area contributed by atoms with Crippen LogP contribution in [0, 0.1) is 12.3 Å². The van der Waals surface area contributed by atoms with Crippen molar-refractivity contribution in [2.45, 2.75) is 37.6 Å². The summed E-state index contributed by atoms with van der Waals surface area (Å²) in [5.41, 5.74) is -1.05. The molecule has 1 aliphatic rings.